The lowest BCUT2D eigenvalue weighted by molar-refractivity contribution is 0.105. The topological polar surface area (TPSA) is 117 Å². The van der Waals surface area contributed by atoms with Crippen LogP contribution in [0.15, 0.2) is 83.8 Å². The molecule has 0 fully saturated rings. The molecule has 0 aliphatic heterocycles. The van der Waals surface area contributed by atoms with Gasteiger partial charge < -0.3 is 25.0 Å². The first-order valence-corrected chi connectivity index (χ1v) is 11.5. The molecule has 0 amide bonds. The van der Waals surface area contributed by atoms with Crippen molar-refractivity contribution in [2.45, 2.75) is 11.0 Å². The van der Waals surface area contributed by atoms with Gasteiger partial charge in [0.2, 0.25) is 0 Å². The van der Waals surface area contributed by atoms with E-state index in [1.54, 1.807) is 54.6 Å². The van der Waals surface area contributed by atoms with Gasteiger partial charge in [-0.3, -0.25) is 4.72 Å². The summed E-state index contributed by atoms with van der Waals surface area (Å²) < 4.78 is 38.3. The van der Waals surface area contributed by atoms with Crippen molar-refractivity contribution >= 4 is 15.7 Å². The van der Waals surface area contributed by atoms with E-state index in [0.29, 0.717) is 36.9 Å². The molecule has 8 nitrogen and oxygen atoms in total. The summed E-state index contributed by atoms with van der Waals surface area (Å²) >= 11 is 0. The van der Waals surface area contributed by atoms with Crippen molar-refractivity contribution < 1.29 is 28.1 Å². The fourth-order valence-corrected chi connectivity index (χ4v) is 3.82. The van der Waals surface area contributed by atoms with Crippen LogP contribution in [-0.4, -0.2) is 51.0 Å². The average molecular weight is 459 g/mol. The van der Waals surface area contributed by atoms with Crippen LogP contribution in [0.3, 0.4) is 0 Å². The summed E-state index contributed by atoms with van der Waals surface area (Å²) in [7, 11) is -3.63. The van der Waals surface area contributed by atoms with E-state index >= 15 is 0 Å². The number of hydrogen-bond donors (Lipinski definition) is 4. The van der Waals surface area contributed by atoms with Crippen LogP contribution in [0.5, 0.6) is 17.2 Å². The Hall–Kier alpha value is -3.27. The largest absolute Gasteiger partial charge is 0.508 e. The number of hydrogen-bond acceptors (Lipinski definition) is 7. The van der Waals surface area contributed by atoms with E-state index in [-0.39, 0.29) is 17.3 Å². The monoisotopic (exact) mass is 458 g/mol. The quantitative estimate of drug-likeness (QED) is 0.308. The molecule has 0 saturated carbocycles. The smallest absolute Gasteiger partial charge is 0.261 e. The Labute approximate surface area is 187 Å². The SMILES string of the molecule is O=S(=O)(Nc1ccc(OCCNCC(O)COc2ccc(O)cc2)cc1)c1ccccc1. The molecule has 0 radical (unpaired) electrons. The highest BCUT2D eigenvalue weighted by Gasteiger charge is 2.13. The zero-order chi connectivity index (χ0) is 22.8. The lowest BCUT2D eigenvalue weighted by atomic mass is 10.3. The molecule has 0 spiro atoms. The number of ether oxygens (including phenoxy) is 2. The molecule has 0 bridgehead atoms. The molecule has 0 aliphatic carbocycles. The van der Waals surface area contributed by atoms with Gasteiger partial charge in [-0.05, 0) is 60.7 Å². The fraction of sp³-hybridized carbons (Fsp3) is 0.217. The zero-order valence-electron chi connectivity index (χ0n) is 17.3. The number of rotatable bonds is 12. The van der Waals surface area contributed by atoms with E-state index in [4.69, 9.17) is 9.47 Å². The lowest BCUT2D eigenvalue weighted by Crippen LogP contribution is -2.33. The van der Waals surface area contributed by atoms with Crippen molar-refractivity contribution in [1.29, 1.82) is 0 Å². The Morgan fingerprint density at radius 3 is 2.16 bits per heavy atom. The van der Waals surface area contributed by atoms with Gasteiger partial charge in [-0.1, -0.05) is 18.2 Å². The number of aliphatic hydroxyl groups is 1. The van der Waals surface area contributed by atoms with Gasteiger partial charge in [-0.25, -0.2) is 8.42 Å². The highest BCUT2D eigenvalue weighted by Crippen LogP contribution is 2.19. The number of sulfonamides is 1. The number of phenolic OH excluding ortho intramolecular Hbond substituents is 1. The molecule has 0 aromatic heterocycles. The number of phenols is 1. The summed E-state index contributed by atoms with van der Waals surface area (Å²) in [6, 6.07) is 21.1. The standard InChI is InChI=1S/C23H26N2O6S/c26-19-8-12-22(13-9-19)31-17-20(27)16-24-14-15-30-21-10-6-18(7-11-21)25-32(28,29)23-4-2-1-3-5-23/h1-13,20,24-27H,14-17H2. The van der Waals surface area contributed by atoms with E-state index < -0.39 is 16.1 Å². The van der Waals surface area contributed by atoms with E-state index in [1.165, 1.54) is 24.3 Å². The summed E-state index contributed by atoms with van der Waals surface area (Å²) in [6.07, 6.45) is -0.694. The maximum Gasteiger partial charge on any atom is 0.261 e. The number of benzene rings is 3. The zero-order valence-corrected chi connectivity index (χ0v) is 18.2. The van der Waals surface area contributed by atoms with Crippen LogP contribution in [0.1, 0.15) is 0 Å². The number of nitrogens with one attached hydrogen (secondary N) is 2. The molecule has 3 aromatic rings. The Morgan fingerprint density at radius 1 is 0.844 bits per heavy atom. The number of aliphatic hydroxyl groups excluding tert-OH is 1. The van der Waals surface area contributed by atoms with Crippen LogP contribution < -0.4 is 19.5 Å². The summed E-state index contributed by atoms with van der Waals surface area (Å²) in [6.45, 7) is 1.35. The molecular formula is C23H26N2O6S. The van der Waals surface area contributed by atoms with Crippen molar-refractivity contribution in [3.63, 3.8) is 0 Å². The van der Waals surface area contributed by atoms with Crippen LogP contribution in [0, 0.1) is 0 Å². The molecule has 3 rings (SSSR count). The number of anilines is 1. The fourth-order valence-electron chi connectivity index (χ4n) is 2.74. The van der Waals surface area contributed by atoms with Crippen LogP contribution in [0.2, 0.25) is 0 Å². The maximum atomic E-state index is 12.3. The normalized spacial score (nSPS) is 12.2. The van der Waals surface area contributed by atoms with Gasteiger partial charge in [0.1, 0.15) is 36.6 Å². The first kappa shape index (κ1) is 23.4. The Kier molecular flexibility index (Phi) is 8.32. The van der Waals surface area contributed by atoms with E-state index in [1.807, 2.05) is 0 Å². The van der Waals surface area contributed by atoms with Gasteiger partial charge >= 0.3 is 0 Å². The molecular weight excluding hydrogens is 432 g/mol. The summed E-state index contributed by atoms with van der Waals surface area (Å²) in [4.78, 5) is 0.196. The van der Waals surface area contributed by atoms with Gasteiger partial charge in [-0.2, -0.15) is 0 Å². The van der Waals surface area contributed by atoms with Crippen LogP contribution in [-0.2, 0) is 10.0 Å². The van der Waals surface area contributed by atoms with E-state index in [9.17, 15) is 18.6 Å². The van der Waals surface area contributed by atoms with Crippen LogP contribution >= 0.6 is 0 Å². The Morgan fingerprint density at radius 2 is 1.47 bits per heavy atom. The average Bonchev–Trinajstić information content (AvgIpc) is 2.80. The van der Waals surface area contributed by atoms with Crippen molar-refractivity contribution in [1.82, 2.24) is 5.32 Å². The second-order valence-electron chi connectivity index (χ2n) is 6.95. The molecule has 1 atom stereocenters. The van der Waals surface area contributed by atoms with Crippen molar-refractivity contribution in [3.05, 3.63) is 78.9 Å². The minimum Gasteiger partial charge on any atom is -0.508 e. The van der Waals surface area contributed by atoms with E-state index in [2.05, 4.69) is 10.0 Å². The second-order valence-corrected chi connectivity index (χ2v) is 8.64. The molecule has 1 unspecified atom stereocenters. The molecule has 32 heavy (non-hydrogen) atoms. The Bertz CT molecular complexity index is 1060. The van der Waals surface area contributed by atoms with Crippen LogP contribution in [0.25, 0.3) is 0 Å². The minimum absolute atomic E-state index is 0.124. The number of aromatic hydroxyl groups is 1. The van der Waals surface area contributed by atoms with Crippen LogP contribution in [0.4, 0.5) is 5.69 Å². The third kappa shape index (κ3) is 7.45. The van der Waals surface area contributed by atoms with Gasteiger partial charge in [0.05, 0.1) is 4.90 Å². The first-order valence-electron chi connectivity index (χ1n) is 10.0. The third-order valence-corrected chi connectivity index (χ3v) is 5.76. The molecule has 4 N–H and O–H groups in total. The van der Waals surface area contributed by atoms with Gasteiger partial charge in [0.25, 0.3) is 10.0 Å². The second kappa shape index (κ2) is 11.4. The molecule has 9 heteroatoms. The van der Waals surface area contributed by atoms with Gasteiger partial charge in [0, 0.05) is 18.8 Å². The Balaban J connectivity index is 1.33. The van der Waals surface area contributed by atoms with E-state index in [0.717, 1.165) is 0 Å². The summed E-state index contributed by atoms with van der Waals surface area (Å²) in [5.41, 5.74) is 0.441. The van der Waals surface area contributed by atoms with Gasteiger partial charge in [0.15, 0.2) is 0 Å². The highest BCUT2D eigenvalue weighted by atomic mass is 32.2. The maximum absolute atomic E-state index is 12.3. The molecule has 3 aromatic carbocycles. The van der Waals surface area contributed by atoms with Crippen molar-refractivity contribution in [2.75, 3.05) is 31.0 Å². The third-order valence-electron chi connectivity index (χ3n) is 4.37. The highest BCUT2D eigenvalue weighted by molar-refractivity contribution is 7.92. The summed E-state index contributed by atoms with van der Waals surface area (Å²) in [5.74, 6) is 1.33. The lowest BCUT2D eigenvalue weighted by Gasteiger charge is -2.14. The predicted molar refractivity (Wildman–Crippen MR) is 122 cm³/mol. The first-order chi connectivity index (χ1) is 15.4. The van der Waals surface area contributed by atoms with Crippen molar-refractivity contribution in [3.8, 4) is 17.2 Å². The minimum atomic E-state index is -3.63. The summed E-state index contributed by atoms with van der Waals surface area (Å²) in [5, 5.41) is 22.3. The predicted octanol–water partition coefficient (Wildman–Crippen LogP) is 2.60. The molecule has 0 heterocycles. The molecule has 0 aliphatic rings. The molecule has 0 saturated heterocycles. The van der Waals surface area contributed by atoms with Crippen molar-refractivity contribution in [2.24, 2.45) is 0 Å². The molecule has 170 valence electrons. The van der Waals surface area contributed by atoms with Gasteiger partial charge in [-0.15, -0.1) is 0 Å².